The number of nitrogens with zero attached hydrogens (tertiary/aromatic N) is 2. The van der Waals surface area contributed by atoms with Crippen molar-refractivity contribution in [3.63, 3.8) is 0 Å². The van der Waals surface area contributed by atoms with E-state index in [0.29, 0.717) is 30.6 Å². The van der Waals surface area contributed by atoms with Crippen molar-refractivity contribution in [1.82, 2.24) is 15.2 Å². The molecule has 1 atom stereocenters. The standard InChI is InChI=1S/C13H15N3O3.C2H6/c1-16(11-4-5-12(18)15-13(11)19)7-10-9(8-17)3-2-6-14-10;1-2/h2-3,6,8,11H,4-5,7H2,1H3,(H,15,18,19);1-2H3. The highest BCUT2D eigenvalue weighted by molar-refractivity contribution is 6.00. The Labute approximate surface area is 124 Å². The number of carbonyl (C=O) groups excluding carboxylic acids is 3. The molecular weight excluding hydrogens is 270 g/mol. The second-order valence-corrected chi connectivity index (χ2v) is 4.54. The predicted octanol–water partition coefficient (Wildman–Crippen LogP) is 1.16. The van der Waals surface area contributed by atoms with Crippen LogP contribution in [-0.4, -0.2) is 41.1 Å². The Balaban J connectivity index is 0.00000106. The molecule has 0 aliphatic carbocycles. The van der Waals surface area contributed by atoms with E-state index in [1.165, 1.54) is 0 Å². The summed E-state index contributed by atoms with van der Waals surface area (Å²) >= 11 is 0. The van der Waals surface area contributed by atoms with E-state index in [1.807, 2.05) is 13.8 Å². The van der Waals surface area contributed by atoms with Crippen molar-refractivity contribution >= 4 is 18.1 Å². The lowest BCUT2D eigenvalue weighted by atomic mass is 10.0. The minimum Gasteiger partial charge on any atom is -0.298 e. The summed E-state index contributed by atoms with van der Waals surface area (Å²) in [6.07, 6.45) is 3.19. The average molecular weight is 291 g/mol. The Bertz CT molecular complexity index is 517. The maximum absolute atomic E-state index is 11.7. The molecule has 114 valence electrons. The summed E-state index contributed by atoms with van der Waals surface area (Å²) in [6, 6.07) is 3.02. The lowest BCUT2D eigenvalue weighted by Gasteiger charge is -2.29. The summed E-state index contributed by atoms with van der Waals surface area (Å²) in [5.41, 5.74) is 1.14. The number of carbonyl (C=O) groups is 3. The summed E-state index contributed by atoms with van der Waals surface area (Å²) < 4.78 is 0. The number of imide groups is 1. The second kappa shape index (κ2) is 8.26. The molecule has 2 rings (SSSR count). The molecular formula is C15H21N3O3. The third-order valence-corrected chi connectivity index (χ3v) is 3.19. The average Bonchev–Trinajstić information content (AvgIpc) is 2.49. The molecule has 1 aromatic rings. The third-order valence-electron chi connectivity index (χ3n) is 3.19. The SMILES string of the molecule is CC.CN(Cc1ncccc1C=O)C1CCC(=O)NC1=O. The van der Waals surface area contributed by atoms with Gasteiger partial charge in [0.15, 0.2) is 6.29 Å². The van der Waals surface area contributed by atoms with Crippen LogP contribution in [0.3, 0.4) is 0 Å². The van der Waals surface area contributed by atoms with Crippen LogP contribution in [0, 0.1) is 0 Å². The van der Waals surface area contributed by atoms with Crippen LogP contribution < -0.4 is 5.32 Å². The smallest absolute Gasteiger partial charge is 0.243 e. The molecule has 0 saturated carbocycles. The summed E-state index contributed by atoms with van der Waals surface area (Å²) in [5, 5.41) is 2.32. The monoisotopic (exact) mass is 291 g/mol. The largest absolute Gasteiger partial charge is 0.298 e. The molecule has 0 aromatic carbocycles. The van der Waals surface area contributed by atoms with Gasteiger partial charge in [-0.3, -0.25) is 29.6 Å². The predicted molar refractivity (Wildman–Crippen MR) is 78.6 cm³/mol. The molecule has 1 fully saturated rings. The maximum Gasteiger partial charge on any atom is 0.243 e. The van der Waals surface area contributed by atoms with Gasteiger partial charge in [-0.25, -0.2) is 0 Å². The maximum atomic E-state index is 11.7. The van der Waals surface area contributed by atoms with E-state index in [2.05, 4.69) is 10.3 Å². The summed E-state index contributed by atoms with van der Waals surface area (Å²) in [4.78, 5) is 39.7. The van der Waals surface area contributed by atoms with Crippen molar-refractivity contribution < 1.29 is 14.4 Å². The number of aromatic nitrogens is 1. The molecule has 1 aliphatic rings. The molecule has 0 radical (unpaired) electrons. The Kier molecular flexibility index (Phi) is 6.68. The zero-order valence-corrected chi connectivity index (χ0v) is 12.6. The van der Waals surface area contributed by atoms with Crippen LogP contribution in [0.2, 0.25) is 0 Å². The van der Waals surface area contributed by atoms with Crippen LogP contribution in [0.25, 0.3) is 0 Å². The molecule has 0 spiro atoms. The number of likely N-dealkylation sites (N-methyl/N-ethyl adjacent to an activating group) is 1. The number of hydrogen-bond acceptors (Lipinski definition) is 5. The summed E-state index contributed by atoms with van der Waals surface area (Å²) in [5.74, 6) is -0.525. The van der Waals surface area contributed by atoms with E-state index in [1.54, 1.807) is 30.3 Å². The van der Waals surface area contributed by atoms with Gasteiger partial charge in [0, 0.05) is 24.7 Å². The number of aldehydes is 1. The lowest BCUT2D eigenvalue weighted by Crippen LogP contribution is -2.51. The van der Waals surface area contributed by atoms with Crippen LogP contribution in [-0.2, 0) is 16.1 Å². The van der Waals surface area contributed by atoms with Crippen LogP contribution in [0.4, 0.5) is 0 Å². The van der Waals surface area contributed by atoms with Crippen molar-refractivity contribution in [2.75, 3.05) is 7.05 Å². The van der Waals surface area contributed by atoms with Gasteiger partial charge in [-0.05, 0) is 25.6 Å². The van der Waals surface area contributed by atoms with Crippen LogP contribution >= 0.6 is 0 Å². The zero-order valence-electron chi connectivity index (χ0n) is 12.6. The van der Waals surface area contributed by atoms with Crippen molar-refractivity contribution in [3.8, 4) is 0 Å². The van der Waals surface area contributed by atoms with Gasteiger partial charge in [-0.2, -0.15) is 0 Å². The number of hydrogen-bond donors (Lipinski definition) is 1. The van der Waals surface area contributed by atoms with E-state index >= 15 is 0 Å². The third kappa shape index (κ3) is 4.46. The molecule has 6 nitrogen and oxygen atoms in total. The normalized spacial score (nSPS) is 17.8. The van der Waals surface area contributed by atoms with Crippen molar-refractivity contribution in [1.29, 1.82) is 0 Å². The fraction of sp³-hybridized carbons (Fsp3) is 0.467. The number of amides is 2. The Morgan fingerprint density at radius 1 is 1.43 bits per heavy atom. The van der Waals surface area contributed by atoms with Gasteiger partial charge >= 0.3 is 0 Å². The van der Waals surface area contributed by atoms with Gasteiger partial charge in [0.05, 0.1) is 11.7 Å². The Hall–Kier alpha value is -2.08. The van der Waals surface area contributed by atoms with E-state index in [9.17, 15) is 14.4 Å². The first kappa shape index (κ1) is 17.0. The molecule has 1 unspecified atom stereocenters. The highest BCUT2D eigenvalue weighted by Gasteiger charge is 2.30. The van der Waals surface area contributed by atoms with Gasteiger partial charge in [-0.15, -0.1) is 0 Å². The highest BCUT2D eigenvalue weighted by atomic mass is 16.2. The minimum atomic E-state index is -0.362. The molecule has 1 aliphatic heterocycles. The van der Waals surface area contributed by atoms with Gasteiger partial charge in [-0.1, -0.05) is 13.8 Å². The molecule has 0 bridgehead atoms. The number of rotatable bonds is 4. The fourth-order valence-electron chi connectivity index (χ4n) is 2.14. The molecule has 1 saturated heterocycles. The first-order chi connectivity index (χ1) is 10.1. The molecule has 1 N–H and O–H groups in total. The summed E-state index contributed by atoms with van der Waals surface area (Å²) in [6.45, 7) is 4.39. The Morgan fingerprint density at radius 2 is 2.14 bits per heavy atom. The molecule has 2 amide bonds. The van der Waals surface area contributed by atoms with Crippen molar-refractivity contribution in [2.24, 2.45) is 0 Å². The molecule has 2 heterocycles. The van der Waals surface area contributed by atoms with E-state index < -0.39 is 0 Å². The summed E-state index contributed by atoms with van der Waals surface area (Å²) in [7, 11) is 1.78. The first-order valence-electron chi connectivity index (χ1n) is 7.05. The zero-order chi connectivity index (χ0) is 15.8. The Morgan fingerprint density at radius 3 is 2.76 bits per heavy atom. The van der Waals surface area contributed by atoms with Gasteiger partial charge in [0.2, 0.25) is 11.8 Å². The highest BCUT2D eigenvalue weighted by Crippen LogP contribution is 2.14. The van der Waals surface area contributed by atoms with E-state index in [4.69, 9.17) is 0 Å². The fourth-order valence-corrected chi connectivity index (χ4v) is 2.14. The van der Waals surface area contributed by atoms with Gasteiger partial charge in [0.25, 0.3) is 0 Å². The lowest BCUT2D eigenvalue weighted by molar-refractivity contribution is -0.137. The number of pyridine rings is 1. The van der Waals surface area contributed by atoms with Crippen LogP contribution in [0.15, 0.2) is 18.3 Å². The van der Waals surface area contributed by atoms with Gasteiger partial charge < -0.3 is 0 Å². The van der Waals surface area contributed by atoms with E-state index in [0.717, 1.165) is 6.29 Å². The first-order valence-corrected chi connectivity index (χ1v) is 7.05. The molecule has 21 heavy (non-hydrogen) atoms. The van der Waals surface area contributed by atoms with Crippen molar-refractivity contribution in [3.05, 3.63) is 29.6 Å². The number of piperidine rings is 1. The quantitative estimate of drug-likeness (QED) is 0.665. The minimum absolute atomic E-state index is 0.235. The topological polar surface area (TPSA) is 79.4 Å². The number of nitrogens with one attached hydrogen (secondary N) is 1. The second-order valence-electron chi connectivity index (χ2n) is 4.54. The van der Waals surface area contributed by atoms with E-state index in [-0.39, 0.29) is 17.9 Å². The van der Waals surface area contributed by atoms with Crippen LogP contribution in [0.1, 0.15) is 42.7 Å². The van der Waals surface area contributed by atoms with Gasteiger partial charge in [0.1, 0.15) is 0 Å². The van der Waals surface area contributed by atoms with Crippen LogP contribution in [0.5, 0.6) is 0 Å². The van der Waals surface area contributed by atoms with Crippen molar-refractivity contribution in [2.45, 2.75) is 39.3 Å². The molecule has 1 aromatic heterocycles. The molecule has 6 heteroatoms.